The minimum atomic E-state index is -3.76. The molecule has 0 radical (unpaired) electrons. The van der Waals surface area contributed by atoms with Crippen molar-refractivity contribution >= 4 is 36.6 Å². The molecular weight excluding hydrogens is 458 g/mol. The maximum absolute atomic E-state index is 13.2. The molecule has 1 atom stereocenters. The summed E-state index contributed by atoms with van der Waals surface area (Å²) in [7, 11) is -2.22. The van der Waals surface area contributed by atoms with Crippen LogP contribution in [0.1, 0.15) is 31.2 Å². The van der Waals surface area contributed by atoms with Crippen LogP contribution >= 0.6 is 0 Å². The first-order chi connectivity index (χ1) is 15.6. The highest BCUT2D eigenvalue weighted by Crippen LogP contribution is 2.33. The van der Waals surface area contributed by atoms with Gasteiger partial charge in [-0.1, -0.05) is 17.7 Å². The lowest BCUT2D eigenvalue weighted by Crippen LogP contribution is -2.37. The second kappa shape index (κ2) is 9.06. The van der Waals surface area contributed by atoms with Gasteiger partial charge in [0.2, 0.25) is 0 Å². The summed E-state index contributed by atoms with van der Waals surface area (Å²) in [5.74, 6) is 1.79. The highest BCUT2D eigenvalue weighted by molar-refractivity contribution is 7.92. The molecule has 10 heteroatoms. The van der Waals surface area contributed by atoms with E-state index in [1.807, 2.05) is 14.0 Å². The van der Waals surface area contributed by atoms with Gasteiger partial charge in [0.25, 0.3) is 10.0 Å². The normalized spacial score (nSPS) is 21.0. The van der Waals surface area contributed by atoms with Gasteiger partial charge in [-0.25, -0.2) is 26.7 Å². The van der Waals surface area contributed by atoms with Crippen LogP contribution in [0.2, 0.25) is 0 Å². The summed E-state index contributed by atoms with van der Waals surface area (Å²) >= 11 is 0. The van der Waals surface area contributed by atoms with E-state index in [0.29, 0.717) is 22.7 Å². The highest BCUT2D eigenvalue weighted by atomic mass is 32.2. The molecule has 1 fully saturated rings. The maximum Gasteiger partial charge on any atom is 0.269 e. The van der Waals surface area contributed by atoms with E-state index in [1.165, 1.54) is 10.3 Å². The van der Waals surface area contributed by atoms with Crippen molar-refractivity contribution in [1.82, 2.24) is 13.9 Å². The van der Waals surface area contributed by atoms with Crippen LogP contribution in [0.15, 0.2) is 52.1 Å². The average molecular weight is 490 g/mol. The average Bonchev–Trinajstić information content (AvgIpc) is 3.24. The summed E-state index contributed by atoms with van der Waals surface area (Å²) in [6.07, 6.45) is 8.63. The molecule has 1 saturated carbocycles. The van der Waals surface area contributed by atoms with Gasteiger partial charge in [-0.3, -0.25) is 4.21 Å². The Morgan fingerprint density at radius 3 is 2.36 bits per heavy atom. The van der Waals surface area contributed by atoms with Crippen LogP contribution in [0.25, 0.3) is 11.0 Å². The molecule has 178 valence electrons. The van der Waals surface area contributed by atoms with Crippen molar-refractivity contribution < 1.29 is 12.6 Å². The quantitative estimate of drug-likeness (QED) is 0.524. The van der Waals surface area contributed by atoms with Crippen LogP contribution < -0.4 is 4.90 Å². The SMILES string of the molecule is CN=S(C)(=O)CC1CCC(N(C)c2ncnc3c2ccn3S(=O)(=O)c2ccc(C)cc2)CC1. The van der Waals surface area contributed by atoms with Crippen LogP contribution in [-0.2, 0) is 19.8 Å². The van der Waals surface area contributed by atoms with Gasteiger partial charge in [-0.15, -0.1) is 0 Å². The molecule has 2 heterocycles. The zero-order chi connectivity index (χ0) is 23.8. The van der Waals surface area contributed by atoms with Gasteiger partial charge in [-0.05, 0) is 56.7 Å². The smallest absolute Gasteiger partial charge is 0.269 e. The van der Waals surface area contributed by atoms with Crippen molar-refractivity contribution in [2.75, 3.05) is 31.0 Å². The first-order valence-corrected chi connectivity index (χ1v) is 14.6. The molecule has 1 unspecified atom stereocenters. The van der Waals surface area contributed by atoms with E-state index in [1.54, 1.807) is 49.8 Å². The fourth-order valence-electron chi connectivity index (χ4n) is 4.60. The fraction of sp³-hybridized carbons (Fsp3) is 0.478. The molecule has 0 aliphatic heterocycles. The Balaban J connectivity index is 1.58. The lowest BCUT2D eigenvalue weighted by Gasteiger charge is -2.35. The Hall–Kier alpha value is -2.46. The van der Waals surface area contributed by atoms with E-state index in [4.69, 9.17) is 0 Å². The summed E-state index contributed by atoms with van der Waals surface area (Å²) in [6, 6.07) is 8.85. The first-order valence-electron chi connectivity index (χ1n) is 11.1. The van der Waals surface area contributed by atoms with Gasteiger partial charge in [0, 0.05) is 48.1 Å². The van der Waals surface area contributed by atoms with Crippen molar-refractivity contribution in [3.05, 3.63) is 48.4 Å². The number of nitrogens with zero attached hydrogens (tertiary/aromatic N) is 5. The number of aryl methyl sites for hydroxylation is 1. The predicted molar refractivity (Wildman–Crippen MR) is 133 cm³/mol. The van der Waals surface area contributed by atoms with Gasteiger partial charge in [-0.2, -0.15) is 0 Å². The van der Waals surface area contributed by atoms with Crippen molar-refractivity contribution in [3.63, 3.8) is 0 Å². The number of hydrogen-bond donors (Lipinski definition) is 0. The lowest BCUT2D eigenvalue weighted by molar-refractivity contribution is 0.342. The largest absolute Gasteiger partial charge is 0.356 e. The Morgan fingerprint density at radius 2 is 1.73 bits per heavy atom. The van der Waals surface area contributed by atoms with E-state index < -0.39 is 19.8 Å². The van der Waals surface area contributed by atoms with E-state index >= 15 is 0 Å². The minimum absolute atomic E-state index is 0.226. The van der Waals surface area contributed by atoms with Crippen molar-refractivity contribution in [2.24, 2.45) is 10.3 Å². The van der Waals surface area contributed by atoms with Gasteiger partial charge in [0.05, 0.1) is 10.3 Å². The molecule has 3 aromatic rings. The summed E-state index contributed by atoms with van der Waals surface area (Å²) in [5, 5.41) is 0.708. The van der Waals surface area contributed by atoms with Crippen molar-refractivity contribution in [2.45, 2.75) is 43.5 Å². The van der Waals surface area contributed by atoms with Crippen molar-refractivity contribution in [3.8, 4) is 0 Å². The van der Waals surface area contributed by atoms with Crippen molar-refractivity contribution in [1.29, 1.82) is 0 Å². The molecule has 1 aliphatic carbocycles. The summed E-state index contributed by atoms with van der Waals surface area (Å²) < 4.78 is 44.1. The molecule has 0 spiro atoms. The number of hydrogen-bond acceptors (Lipinski definition) is 7. The Bertz CT molecular complexity index is 1360. The third kappa shape index (κ3) is 4.77. The molecule has 2 aromatic heterocycles. The lowest BCUT2D eigenvalue weighted by atomic mass is 9.86. The Morgan fingerprint density at radius 1 is 1.06 bits per heavy atom. The number of anilines is 1. The molecule has 0 saturated heterocycles. The number of rotatable bonds is 6. The zero-order valence-electron chi connectivity index (χ0n) is 19.5. The topological polar surface area (TPSA) is 97.5 Å². The van der Waals surface area contributed by atoms with E-state index in [2.05, 4.69) is 19.2 Å². The third-order valence-electron chi connectivity index (χ3n) is 6.63. The van der Waals surface area contributed by atoms with E-state index in [9.17, 15) is 12.6 Å². The zero-order valence-corrected chi connectivity index (χ0v) is 21.1. The fourth-order valence-corrected chi connectivity index (χ4v) is 7.26. The van der Waals surface area contributed by atoms with E-state index in [-0.39, 0.29) is 10.9 Å². The molecule has 4 rings (SSSR count). The first kappa shape index (κ1) is 23.7. The Kier molecular flexibility index (Phi) is 6.50. The number of fused-ring (bicyclic) bond motifs is 1. The van der Waals surface area contributed by atoms with E-state index in [0.717, 1.165) is 37.1 Å². The third-order valence-corrected chi connectivity index (χ3v) is 10.2. The molecule has 0 N–H and O–H groups in total. The molecule has 1 aliphatic rings. The molecule has 0 amide bonds. The molecule has 8 nitrogen and oxygen atoms in total. The second-order valence-electron chi connectivity index (χ2n) is 8.96. The molecule has 1 aromatic carbocycles. The van der Waals surface area contributed by atoms with Crippen LogP contribution in [0.5, 0.6) is 0 Å². The van der Waals surface area contributed by atoms with Gasteiger partial charge < -0.3 is 4.90 Å². The number of benzene rings is 1. The summed E-state index contributed by atoms with van der Waals surface area (Å²) in [6.45, 7) is 1.92. The summed E-state index contributed by atoms with van der Waals surface area (Å²) in [5.41, 5.74) is 1.37. The molecular formula is C23H31N5O3S2. The van der Waals surface area contributed by atoms with Crippen LogP contribution in [0.4, 0.5) is 5.82 Å². The minimum Gasteiger partial charge on any atom is -0.356 e. The van der Waals surface area contributed by atoms with Crippen LogP contribution in [-0.4, -0.2) is 58.7 Å². The van der Waals surface area contributed by atoms with Gasteiger partial charge >= 0.3 is 0 Å². The second-order valence-corrected chi connectivity index (χ2v) is 13.4. The molecule has 0 bridgehead atoms. The highest BCUT2D eigenvalue weighted by Gasteiger charge is 2.28. The summed E-state index contributed by atoms with van der Waals surface area (Å²) in [4.78, 5) is 11.2. The van der Waals surface area contributed by atoms with Gasteiger partial charge in [0.15, 0.2) is 5.65 Å². The molecule has 33 heavy (non-hydrogen) atoms. The maximum atomic E-state index is 13.2. The Labute approximate surface area is 196 Å². The predicted octanol–water partition coefficient (Wildman–Crippen LogP) is 3.70. The van der Waals surface area contributed by atoms with Crippen LogP contribution in [0.3, 0.4) is 0 Å². The standard InChI is InChI=1S/C23H31N5O3S2/c1-17-5-11-20(12-6-17)33(30,31)28-14-13-21-22(25-16-26-23(21)28)27(3)19-9-7-18(8-10-19)15-32(4,29)24-2/h5-6,11-14,16,18-19H,7-10,15H2,1-4H3. The van der Waals surface area contributed by atoms with Crippen LogP contribution in [0, 0.1) is 12.8 Å². The van der Waals surface area contributed by atoms with Gasteiger partial charge in [0.1, 0.15) is 12.1 Å². The number of aromatic nitrogens is 3. The monoisotopic (exact) mass is 489 g/mol.